The largest absolute Gasteiger partial charge is 0.493 e. The highest BCUT2D eigenvalue weighted by Gasteiger charge is 2.07. The zero-order valence-electron chi connectivity index (χ0n) is 13.1. The number of rotatable bonds is 7. The Hall–Kier alpha value is -2.17. The predicted molar refractivity (Wildman–Crippen MR) is 84.0 cm³/mol. The SMILES string of the molecule is CCn1cc(NCc2ccc(OC(C)C)c(OC)c2)cn1. The van der Waals surface area contributed by atoms with Crippen molar-refractivity contribution in [1.82, 2.24) is 9.78 Å². The van der Waals surface area contributed by atoms with Crippen molar-refractivity contribution < 1.29 is 9.47 Å². The van der Waals surface area contributed by atoms with Crippen LogP contribution >= 0.6 is 0 Å². The lowest BCUT2D eigenvalue weighted by atomic mass is 10.2. The van der Waals surface area contributed by atoms with Gasteiger partial charge in [-0.1, -0.05) is 6.07 Å². The molecule has 2 rings (SSSR count). The second-order valence-corrected chi connectivity index (χ2v) is 5.09. The van der Waals surface area contributed by atoms with Crippen molar-refractivity contribution in [3.63, 3.8) is 0 Å². The average molecular weight is 289 g/mol. The molecule has 0 saturated carbocycles. The normalized spacial score (nSPS) is 10.7. The zero-order valence-corrected chi connectivity index (χ0v) is 13.1. The number of nitrogens with zero attached hydrogens (tertiary/aromatic N) is 2. The van der Waals surface area contributed by atoms with E-state index in [0.29, 0.717) is 6.54 Å². The molecule has 0 fully saturated rings. The van der Waals surface area contributed by atoms with Crippen molar-refractivity contribution in [2.24, 2.45) is 0 Å². The number of nitrogens with one attached hydrogen (secondary N) is 1. The molecule has 0 aliphatic carbocycles. The molecule has 0 saturated heterocycles. The summed E-state index contributed by atoms with van der Waals surface area (Å²) in [5, 5.41) is 7.58. The van der Waals surface area contributed by atoms with E-state index in [4.69, 9.17) is 9.47 Å². The molecule has 5 heteroatoms. The van der Waals surface area contributed by atoms with Gasteiger partial charge in [0.05, 0.1) is 25.1 Å². The molecule has 1 aromatic carbocycles. The van der Waals surface area contributed by atoms with Crippen molar-refractivity contribution in [3.8, 4) is 11.5 Å². The zero-order chi connectivity index (χ0) is 15.2. The first-order valence-corrected chi connectivity index (χ1v) is 7.22. The van der Waals surface area contributed by atoms with Crippen molar-refractivity contribution >= 4 is 5.69 Å². The fourth-order valence-corrected chi connectivity index (χ4v) is 2.01. The van der Waals surface area contributed by atoms with Crippen LogP contribution in [-0.2, 0) is 13.1 Å². The highest BCUT2D eigenvalue weighted by molar-refractivity contribution is 5.45. The predicted octanol–water partition coefficient (Wildman–Crippen LogP) is 3.31. The van der Waals surface area contributed by atoms with Gasteiger partial charge in [-0.05, 0) is 38.5 Å². The van der Waals surface area contributed by atoms with Gasteiger partial charge in [-0.3, -0.25) is 4.68 Å². The van der Waals surface area contributed by atoms with Gasteiger partial charge in [-0.15, -0.1) is 0 Å². The molecule has 0 radical (unpaired) electrons. The van der Waals surface area contributed by atoms with Gasteiger partial charge < -0.3 is 14.8 Å². The first-order valence-electron chi connectivity index (χ1n) is 7.22. The van der Waals surface area contributed by atoms with Crippen LogP contribution in [0, 0.1) is 0 Å². The number of aromatic nitrogens is 2. The smallest absolute Gasteiger partial charge is 0.161 e. The second kappa shape index (κ2) is 7.02. The van der Waals surface area contributed by atoms with Crippen LogP contribution in [0.15, 0.2) is 30.6 Å². The molecule has 0 atom stereocenters. The van der Waals surface area contributed by atoms with E-state index in [1.54, 1.807) is 7.11 Å². The van der Waals surface area contributed by atoms with Crippen molar-refractivity contribution in [1.29, 1.82) is 0 Å². The molecule has 2 aromatic rings. The molecule has 21 heavy (non-hydrogen) atoms. The van der Waals surface area contributed by atoms with Crippen LogP contribution in [-0.4, -0.2) is 23.0 Å². The Morgan fingerprint density at radius 1 is 1.29 bits per heavy atom. The van der Waals surface area contributed by atoms with E-state index in [-0.39, 0.29) is 6.10 Å². The maximum atomic E-state index is 5.71. The molecule has 0 bridgehead atoms. The summed E-state index contributed by atoms with van der Waals surface area (Å²) in [6.45, 7) is 7.65. The van der Waals surface area contributed by atoms with Crippen LogP contribution < -0.4 is 14.8 Å². The molecule has 1 N–H and O–H groups in total. The number of hydrogen-bond donors (Lipinski definition) is 1. The fourth-order valence-electron chi connectivity index (χ4n) is 2.01. The Bertz CT molecular complexity index is 579. The highest BCUT2D eigenvalue weighted by atomic mass is 16.5. The van der Waals surface area contributed by atoms with E-state index >= 15 is 0 Å². The minimum Gasteiger partial charge on any atom is -0.493 e. The average Bonchev–Trinajstić information content (AvgIpc) is 2.93. The van der Waals surface area contributed by atoms with Crippen molar-refractivity contribution in [2.45, 2.75) is 40.0 Å². The van der Waals surface area contributed by atoms with Gasteiger partial charge in [0.1, 0.15) is 0 Å². The summed E-state index contributed by atoms with van der Waals surface area (Å²) in [6.07, 6.45) is 3.95. The Kier molecular flexibility index (Phi) is 5.09. The van der Waals surface area contributed by atoms with E-state index in [9.17, 15) is 0 Å². The van der Waals surface area contributed by atoms with E-state index < -0.39 is 0 Å². The molecule has 0 unspecified atom stereocenters. The number of benzene rings is 1. The number of aryl methyl sites for hydroxylation is 1. The summed E-state index contributed by atoms with van der Waals surface area (Å²) < 4.78 is 13.0. The lowest BCUT2D eigenvalue weighted by Gasteiger charge is -2.14. The van der Waals surface area contributed by atoms with Crippen molar-refractivity contribution in [2.75, 3.05) is 12.4 Å². The van der Waals surface area contributed by atoms with Crippen LogP contribution in [0.25, 0.3) is 0 Å². The highest BCUT2D eigenvalue weighted by Crippen LogP contribution is 2.29. The van der Waals surface area contributed by atoms with Gasteiger partial charge in [0.15, 0.2) is 11.5 Å². The minimum absolute atomic E-state index is 0.128. The third-order valence-electron chi connectivity index (χ3n) is 3.04. The van der Waals surface area contributed by atoms with Gasteiger partial charge in [-0.2, -0.15) is 5.10 Å². The van der Waals surface area contributed by atoms with Crippen LogP contribution in [0.3, 0.4) is 0 Å². The summed E-state index contributed by atoms with van der Waals surface area (Å²) in [7, 11) is 1.66. The molecular formula is C16H23N3O2. The number of anilines is 1. The topological polar surface area (TPSA) is 48.3 Å². The lowest BCUT2D eigenvalue weighted by molar-refractivity contribution is 0.230. The summed E-state index contributed by atoms with van der Waals surface area (Å²) in [6, 6.07) is 5.98. The van der Waals surface area contributed by atoms with Crippen LogP contribution in [0.2, 0.25) is 0 Å². The Balaban J connectivity index is 2.03. The van der Waals surface area contributed by atoms with Gasteiger partial charge in [-0.25, -0.2) is 0 Å². The quantitative estimate of drug-likeness (QED) is 0.849. The summed E-state index contributed by atoms with van der Waals surface area (Å²) in [5.41, 5.74) is 2.14. The lowest BCUT2D eigenvalue weighted by Crippen LogP contribution is -2.07. The molecule has 0 aliphatic heterocycles. The number of hydrogen-bond acceptors (Lipinski definition) is 4. The Morgan fingerprint density at radius 2 is 2.10 bits per heavy atom. The molecule has 0 aliphatic rings. The third kappa shape index (κ3) is 4.15. The van der Waals surface area contributed by atoms with Crippen LogP contribution in [0.1, 0.15) is 26.3 Å². The monoisotopic (exact) mass is 289 g/mol. The molecule has 5 nitrogen and oxygen atoms in total. The van der Waals surface area contributed by atoms with E-state index in [1.807, 2.05) is 49.1 Å². The standard InChI is InChI=1S/C16H23N3O2/c1-5-19-11-14(10-18-19)17-9-13-6-7-15(21-12(2)3)16(8-13)20-4/h6-8,10-12,17H,5,9H2,1-4H3. The number of ether oxygens (including phenoxy) is 2. The molecule has 1 aromatic heterocycles. The van der Waals surface area contributed by atoms with Crippen molar-refractivity contribution in [3.05, 3.63) is 36.2 Å². The molecule has 0 spiro atoms. The maximum absolute atomic E-state index is 5.71. The maximum Gasteiger partial charge on any atom is 0.161 e. The fraction of sp³-hybridized carbons (Fsp3) is 0.438. The molecular weight excluding hydrogens is 266 g/mol. The molecule has 1 heterocycles. The summed E-state index contributed by atoms with van der Waals surface area (Å²) >= 11 is 0. The summed E-state index contributed by atoms with van der Waals surface area (Å²) in [5.74, 6) is 1.53. The molecule has 0 amide bonds. The van der Waals surface area contributed by atoms with Crippen LogP contribution in [0.4, 0.5) is 5.69 Å². The minimum atomic E-state index is 0.128. The Morgan fingerprint density at radius 3 is 2.71 bits per heavy atom. The first-order chi connectivity index (χ1) is 10.1. The van der Waals surface area contributed by atoms with Crippen LogP contribution in [0.5, 0.6) is 11.5 Å². The van der Waals surface area contributed by atoms with Gasteiger partial charge >= 0.3 is 0 Å². The molecule has 114 valence electrons. The summed E-state index contributed by atoms with van der Waals surface area (Å²) in [4.78, 5) is 0. The van der Waals surface area contributed by atoms with E-state index in [1.165, 1.54) is 0 Å². The van der Waals surface area contributed by atoms with Gasteiger partial charge in [0.25, 0.3) is 0 Å². The third-order valence-corrected chi connectivity index (χ3v) is 3.04. The van der Waals surface area contributed by atoms with E-state index in [2.05, 4.69) is 17.3 Å². The van der Waals surface area contributed by atoms with Gasteiger partial charge in [0.2, 0.25) is 0 Å². The number of methoxy groups -OCH3 is 1. The van der Waals surface area contributed by atoms with E-state index in [0.717, 1.165) is 29.3 Å². The Labute approximate surface area is 125 Å². The van der Waals surface area contributed by atoms with Gasteiger partial charge in [0, 0.05) is 19.3 Å². The second-order valence-electron chi connectivity index (χ2n) is 5.09. The first kappa shape index (κ1) is 15.2.